The Hall–Kier alpha value is -4.61. The van der Waals surface area contributed by atoms with E-state index in [9.17, 15) is 15.3 Å². The van der Waals surface area contributed by atoms with E-state index in [4.69, 9.17) is 5.73 Å². The number of anilines is 1. The lowest BCUT2D eigenvalue weighted by Gasteiger charge is -2.42. The summed E-state index contributed by atoms with van der Waals surface area (Å²) in [5.74, 6) is 0.158. The van der Waals surface area contributed by atoms with Gasteiger partial charge in [0.25, 0.3) is 5.56 Å². The smallest absolute Gasteiger partial charge is 0.268 e. The zero-order chi connectivity index (χ0) is 22.0. The number of nitrogens with one attached hydrogen (secondary N) is 1. The molecule has 5 nitrogen and oxygen atoms in total. The Morgan fingerprint density at radius 2 is 1.22 bits per heavy atom. The highest BCUT2D eigenvalue weighted by molar-refractivity contribution is 5.82. The highest BCUT2D eigenvalue weighted by Gasteiger charge is 2.41. The van der Waals surface area contributed by atoms with Crippen LogP contribution in [0.1, 0.15) is 56.3 Å². The van der Waals surface area contributed by atoms with Gasteiger partial charge in [0.15, 0.2) is 0 Å². The van der Waals surface area contributed by atoms with Crippen molar-refractivity contribution in [2.45, 2.75) is 11.8 Å². The molecule has 3 aliphatic carbocycles. The van der Waals surface area contributed by atoms with E-state index < -0.39 is 5.56 Å². The lowest BCUT2D eigenvalue weighted by atomic mass is 9.61. The first-order valence-corrected chi connectivity index (χ1v) is 10.3. The average Bonchev–Trinajstić information content (AvgIpc) is 2.83. The molecular formula is C27H16N4O. The third kappa shape index (κ3) is 2.23. The van der Waals surface area contributed by atoms with Gasteiger partial charge in [0.2, 0.25) is 0 Å². The zero-order valence-corrected chi connectivity index (χ0v) is 16.9. The number of pyridine rings is 1. The number of aromatic amines is 1. The Morgan fingerprint density at radius 3 is 1.75 bits per heavy atom. The Morgan fingerprint density at radius 1 is 0.719 bits per heavy atom. The SMILES string of the molecule is N#Cc1c(N)[nH]c(=O)c(C#N)c1-c1ccc2c(c1)C1c3ccccc3C2c2ccccc21. The summed E-state index contributed by atoms with van der Waals surface area (Å²) in [5.41, 5.74) is 13.8. The summed E-state index contributed by atoms with van der Waals surface area (Å²) >= 11 is 0. The van der Waals surface area contributed by atoms with Gasteiger partial charge in [-0.1, -0.05) is 60.7 Å². The molecule has 3 aromatic carbocycles. The minimum absolute atomic E-state index is 0.0265. The van der Waals surface area contributed by atoms with Crippen LogP contribution in [0.15, 0.2) is 71.5 Å². The van der Waals surface area contributed by atoms with E-state index in [0.717, 1.165) is 5.56 Å². The topological polar surface area (TPSA) is 106 Å². The molecule has 150 valence electrons. The second kappa shape index (κ2) is 6.44. The number of rotatable bonds is 1. The fraction of sp³-hybridized carbons (Fsp3) is 0.0741. The predicted molar refractivity (Wildman–Crippen MR) is 121 cm³/mol. The van der Waals surface area contributed by atoms with E-state index in [0.29, 0.717) is 11.1 Å². The highest BCUT2D eigenvalue weighted by atomic mass is 16.1. The zero-order valence-electron chi connectivity index (χ0n) is 16.9. The van der Waals surface area contributed by atoms with Crippen molar-refractivity contribution < 1.29 is 0 Å². The van der Waals surface area contributed by atoms with Crippen LogP contribution in [-0.2, 0) is 0 Å². The molecule has 2 bridgehead atoms. The molecular weight excluding hydrogens is 396 g/mol. The normalized spacial score (nSPS) is 16.9. The van der Waals surface area contributed by atoms with Gasteiger partial charge in [-0.25, -0.2) is 0 Å². The maximum Gasteiger partial charge on any atom is 0.268 e. The van der Waals surface area contributed by atoms with Gasteiger partial charge in [-0.05, 0) is 45.0 Å². The van der Waals surface area contributed by atoms with E-state index in [2.05, 4.69) is 65.7 Å². The number of hydrogen-bond donors (Lipinski definition) is 2. The van der Waals surface area contributed by atoms with Crippen LogP contribution >= 0.6 is 0 Å². The fourth-order valence-corrected chi connectivity index (χ4v) is 5.45. The fourth-order valence-electron chi connectivity index (χ4n) is 5.45. The lowest BCUT2D eigenvalue weighted by Crippen LogP contribution is -2.27. The molecule has 0 saturated carbocycles. The van der Waals surface area contributed by atoms with Crippen molar-refractivity contribution >= 4 is 5.82 Å². The number of H-pyrrole nitrogens is 1. The molecule has 0 unspecified atom stereocenters. The monoisotopic (exact) mass is 412 g/mol. The van der Waals surface area contributed by atoms with Crippen LogP contribution in [0.2, 0.25) is 0 Å². The van der Waals surface area contributed by atoms with Crippen molar-refractivity contribution in [1.82, 2.24) is 4.98 Å². The number of nitrogens with zero attached hydrogens (tertiary/aromatic N) is 2. The van der Waals surface area contributed by atoms with Crippen LogP contribution in [0.5, 0.6) is 0 Å². The molecule has 0 saturated heterocycles. The first-order valence-electron chi connectivity index (χ1n) is 10.3. The summed E-state index contributed by atoms with van der Waals surface area (Å²) in [4.78, 5) is 14.8. The Balaban J connectivity index is 1.66. The minimum Gasteiger partial charge on any atom is -0.384 e. The molecule has 7 rings (SSSR count). The molecule has 0 radical (unpaired) electrons. The maximum atomic E-state index is 12.4. The van der Waals surface area contributed by atoms with Gasteiger partial charge in [-0.15, -0.1) is 0 Å². The predicted octanol–water partition coefficient (Wildman–Crippen LogP) is 4.35. The summed E-state index contributed by atoms with van der Waals surface area (Å²) in [6.45, 7) is 0. The van der Waals surface area contributed by atoms with Crippen molar-refractivity contribution in [2.75, 3.05) is 5.73 Å². The highest BCUT2D eigenvalue weighted by Crippen LogP contribution is 2.56. The van der Waals surface area contributed by atoms with E-state index in [1.54, 1.807) is 0 Å². The lowest BCUT2D eigenvalue weighted by molar-refractivity contribution is 0.754. The minimum atomic E-state index is -0.589. The third-order valence-corrected chi connectivity index (χ3v) is 6.70. The van der Waals surface area contributed by atoms with Crippen molar-refractivity contribution in [1.29, 1.82) is 10.5 Å². The third-order valence-electron chi connectivity index (χ3n) is 6.70. The largest absolute Gasteiger partial charge is 0.384 e. The van der Waals surface area contributed by atoms with Gasteiger partial charge < -0.3 is 10.7 Å². The Kier molecular flexibility index (Phi) is 3.66. The Bertz CT molecular complexity index is 1550. The van der Waals surface area contributed by atoms with E-state index in [-0.39, 0.29) is 28.8 Å². The number of nitrogen functional groups attached to an aromatic ring is 1. The number of nitrogens with two attached hydrogens (primary N) is 1. The molecule has 1 heterocycles. The van der Waals surface area contributed by atoms with E-state index in [1.807, 2.05) is 18.2 Å². The molecule has 1 aromatic heterocycles. The number of hydrogen-bond acceptors (Lipinski definition) is 4. The number of nitriles is 2. The van der Waals surface area contributed by atoms with Crippen LogP contribution in [-0.4, -0.2) is 4.98 Å². The van der Waals surface area contributed by atoms with Crippen LogP contribution in [0.25, 0.3) is 11.1 Å². The summed E-state index contributed by atoms with van der Waals surface area (Å²) in [6, 6.07) is 27.0. The summed E-state index contributed by atoms with van der Waals surface area (Å²) < 4.78 is 0. The molecule has 32 heavy (non-hydrogen) atoms. The second-order valence-electron chi connectivity index (χ2n) is 8.18. The molecule has 3 N–H and O–H groups in total. The van der Waals surface area contributed by atoms with E-state index in [1.165, 1.54) is 27.8 Å². The average molecular weight is 412 g/mol. The van der Waals surface area contributed by atoms with Crippen LogP contribution in [0.4, 0.5) is 5.82 Å². The van der Waals surface area contributed by atoms with Gasteiger partial charge in [-0.3, -0.25) is 4.79 Å². The summed E-state index contributed by atoms with van der Waals surface area (Å²) in [6.07, 6.45) is 0. The van der Waals surface area contributed by atoms with Crippen LogP contribution < -0.4 is 11.3 Å². The molecule has 0 atom stereocenters. The maximum absolute atomic E-state index is 12.4. The second-order valence-corrected chi connectivity index (χ2v) is 8.18. The molecule has 5 heteroatoms. The van der Waals surface area contributed by atoms with Crippen molar-refractivity contribution in [3.8, 4) is 23.3 Å². The van der Waals surface area contributed by atoms with Gasteiger partial charge in [-0.2, -0.15) is 10.5 Å². The number of aromatic nitrogens is 1. The quantitative estimate of drug-likeness (QED) is 0.418. The van der Waals surface area contributed by atoms with Gasteiger partial charge >= 0.3 is 0 Å². The number of benzene rings is 3. The summed E-state index contributed by atoms with van der Waals surface area (Å²) in [5, 5.41) is 19.4. The Labute approximate surface area is 184 Å². The van der Waals surface area contributed by atoms with Crippen molar-refractivity contribution in [2.24, 2.45) is 0 Å². The molecule has 0 fully saturated rings. The van der Waals surface area contributed by atoms with Gasteiger partial charge in [0.05, 0.1) is 0 Å². The van der Waals surface area contributed by atoms with Crippen molar-refractivity contribution in [3.05, 3.63) is 122 Å². The molecule has 0 amide bonds. The van der Waals surface area contributed by atoms with Gasteiger partial charge in [0, 0.05) is 17.4 Å². The standard InChI is InChI=1S/C27H16N4O/c28-12-21-23(22(13-29)27(32)31-26(21)30)14-9-10-19-20(11-14)25-17-7-3-1-5-15(17)24(19)16-6-2-4-8-18(16)25/h1-11,24-25H,(H3,30,31,32). The molecule has 3 aliphatic rings. The van der Waals surface area contributed by atoms with Crippen LogP contribution in [0, 0.1) is 22.7 Å². The van der Waals surface area contributed by atoms with Gasteiger partial charge in [0.1, 0.15) is 29.1 Å². The summed E-state index contributed by atoms with van der Waals surface area (Å²) in [7, 11) is 0. The first kappa shape index (κ1) is 18.2. The molecule has 4 aromatic rings. The molecule has 0 aliphatic heterocycles. The van der Waals surface area contributed by atoms with Crippen molar-refractivity contribution in [3.63, 3.8) is 0 Å². The first-order chi connectivity index (χ1) is 15.6. The van der Waals surface area contributed by atoms with E-state index >= 15 is 0 Å². The van der Waals surface area contributed by atoms with Crippen LogP contribution in [0.3, 0.4) is 0 Å². The molecule has 0 spiro atoms.